The largest absolute Gasteiger partial charge is 0.361 e. The lowest BCUT2D eigenvalue weighted by molar-refractivity contribution is -0.113. The van der Waals surface area contributed by atoms with Crippen molar-refractivity contribution >= 4 is 39.1 Å². The second-order valence-corrected chi connectivity index (χ2v) is 9.15. The number of hydrogen-bond donors (Lipinski definition) is 2. The molecule has 158 valence electrons. The van der Waals surface area contributed by atoms with Gasteiger partial charge in [0.05, 0.1) is 22.0 Å². The highest BCUT2D eigenvalue weighted by atomic mass is 32.2. The number of nitrogens with one attached hydrogen (secondary N) is 2. The van der Waals surface area contributed by atoms with Gasteiger partial charge in [-0.1, -0.05) is 11.2 Å². The minimum atomic E-state index is -3.87. The van der Waals surface area contributed by atoms with Gasteiger partial charge in [-0.3, -0.25) is 9.52 Å². The molecular formula is C20H20FN3O4S2. The molecule has 1 amide bonds. The van der Waals surface area contributed by atoms with Crippen molar-refractivity contribution in [2.24, 2.45) is 0 Å². The molecule has 30 heavy (non-hydrogen) atoms. The van der Waals surface area contributed by atoms with Crippen molar-refractivity contribution in [1.82, 2.24) is 5.16 Å². The Kier molecular flexibility index (Phi) is 6.78. The van der Waals surface area contributed by atoms with Crippen molar-refractivity contribution in [1.29, 1.82) is 0 Å². The summed E-state index contributed by atoms with van der Waals surface area (Å²) in [6.07, 6.45) is 0. The number of carbonyl (C=O) groups excluding carboxylic acids is 1. The molecule has 2 aromatic carbocycles. The molecule has 1 heterocycles. The van der Waals surface area contributed by atoms with Crippen molar-refractivity contribution < 1.29 is 22.1 Å². The first-order valence-corrected chi connectivity index (χ1v) is 11.6. The smallest absolute Gasteiger partial charge is 0.261 e. The summed E-state index contributed by atoms with van der Waals surface area (Å²) in [5.74, 6) is 0.827. The fourth-order valence-corrected chi connectivity index (χ4v) is 4.66. The first-order chi connectivity index (χ1) is 14.2. The molecule has 0 spiro atoms. The van der Waals surface area contributed by atoms with Crippen LogP contribution in [0.1, 0.15) is 17.0 Å². The molecule has 0 aliphatic carbocycles. The molecule has 2 N–H and O–H groups in total. The molecule has 7 nitrogen and oxygen atoms in total. The lowest BCUT2D eigenvalue weighted by Crippen LogP contribution is -2.15. The Bertz CT molecular complexity index is 1130. The maximum absolute atomic E-state index is 13.2. The second kappa shape index (κ2) is 9.31. The number of hydrogen-bond acceptors (Lipinski definition) is 6. The molecule has 0 unspecified atom stereocenters. The van der Waals surface area contributed by atoms with Crippen LogP contribution in [-0.4, -0.2) is 25.2 Å². The van der Waals surface area contributed by atoms with Crippen LogP contribution < -0.4 is 10.0 Å². The van der Waals surface area contributed by atoms with Gasteiger partial charge in [0.25, 0.3) is 10.0 Å². The monoisotopic (exact) mass is 449 g/mol. The molecule has 3 aromatic rings. The van der Waals surface area contributed by atoms with Crippen molar-refractivity contribution in [2.45, 2.75) is 24.5 Å². The molecule has 0 radical (unpaired) electrons. The lowest BCUT2D eigenvalue weighted by atomic mass is 10.2. The summed E-state index contributed by atoms with van der Waals surface area (Å²) in [5, 5.41) is 6.60. The highest BCUT2D eigenvalue weighted by Gasteiger charge is 2.15. The zero-order valence-corrected chi connectivity index (χ0v) is 17.9. The maximum atomic E-state index is 13.2. The summed E-state index contributed by atoms with van der Waals surface area (Å²) < 4.78 is 45.5. The Morgan fingerprint density at radius 2 is 1.87 bits per heavy atom. The Morgan fingerprint density at radius 3 is 2.50 bits per heavy atom. The van der Waals surface area contributed by atoms with Crippen LogP contribution in [-0.2, 0) is 20.6 Å². The number of halogens is 1. The number of aryl methyl sites for hydroxylation is 2. The van der Waals surface area contributed by atoms with E-state index in [2.05, 4.69) is 15.2 Å². The first-order valence-electron chi connectivity index (χ1n) is 8.92. The molecule has 1 aromatic heterocycles. The van der Waals surface area contributed by atoms with Gasteiger partial charge in [-0.05, 0) is 56.3 Å². The fourth-order valence-electron chi connectivity index (χ4n) is 2.63. The quantitative estimate of drug-likeness (QED) is 0.537. The zero-order valence-electron chi connectivity index (χ0n) is 16.3. The van der Waals surface area contributed by atoms with Gasteiger partial charge in [0.2, 0.25) is 5.91 Å². The number of thioether (sulfide) groups is 1. The van der Waals surface area contributed by atoms with Crippen molar-refractivity contribution in [3.63, 3.8) is 0 Å². The van der Waals surface area contributed by atoms with E-state index in [0.717, 1.165) is 23.1 Å². The molecule has 0 aliphatic heterocycles. The molecule has 3 rings (SSSR count). The maximum Gasteiger partial charge on any atom is 0.261 e. The minimum Gasteiger partial charge on any atom is -0.361 e. The number of amides is 1. The number of rotatable bonds is 8. The van der Waals surface area contributed by atoms with Gasteiger partial charge in [0.15, 0.2) is 0 Å². The summed E-state index contributed by atoms with van der Waals surface area (Å²) in [5.41, 5.74) is 2.39. The van der Waals surface area contributed by atoms with E-state index in [0.29, 0.717) is 11.4 Å². The van der Waals surface area contributed by atoms with Crippen LogP contribution in [0.4, 0.5) is 15.8 Å². The molecule has 0 fully saturated rings. The fraction of sp³-hybridized carbons (Fsp3) is 0.200. The first kappa shape index (κ1) is 21.8. The summed E-state index contributed by atoms with van der Waals surface area (Å²) in [6, 6.07) is 10.9. The average Bonchev–Trinajstić information content (AvgIpc) is 3.00. The van der Waals surface area contributed by atoms with Crippen LogP contribution in [0.5, 0.6) is 0 Å². The molecule has 10 heteroatoms. The average molecular weight is 450 g/mol. The predicted molar refractivity (Wildman–Crippen MR) is 114 cm³/mol. The van der Waals surface area contributed by atoms with E-state index < -0.39 is 15.8 Å². The van der Waals surface area contributed by atoms with E-state index in [1.165, 1.54) is 54.2 Å². The van der Waals surface area contributed by atoms with Crippen LogP contribution in [0.25, 0.3) is 0 Å². The van der Waals surface area contributed by atoms with Crippen molar-refractivity contribution in [3.8, 4) is 0 Å². The van der Waals surface area contributed by atoms with Gasteiger partial charge in [-0.25, -0.2) is 12.8 Å². The van der Waals surface area contributed by atoms with Crippen LogP contribution in [0.15, 0.2) is 57.9 Å². The van der Waals surface area contributed by atoms with Gasteiger partial charge >= 0.3 is 0 Å². The third-order valence-electron chi connectivity index (χ3n) is 4.19. The van der Waals surface area contributed by atoms with Gasteiger partial charge in [-0.15, -0.1) is 11.8 Å². The highest BCUT2D eigenvalue weighted by molar-refractivity contribution is 7.99. The minimum absolute atomic E-state index is 0.00227. The van der Waals surface area contributed by atoms with E-state index in [-0.39, 0.29) is 22.2 Å². The Hall–Kier alpha value is -2.85. The number of nitrogens with zero attached hydrogens (tertiary/aromatic N) is 1. The Balaban J connectivity index is 1.55. The molecule has 0 atom stereocenters. The number of sulfonamides is 1. The normalized spacial score (nSPS) is 11.3. The number of aromatic nitrogens is 1. The summed E-state index contributed by atoms with van der Waals surface area (Å²) in [4.78, 5) is 12.1. The molecule has 0 bridgehead atoms. The lowest BCUT2D eigenvalue weighted by Gasteiger charge is -2.09. The van der Waals surface area contributed by atoms with E-state index in [4.69, 9.17) is 4.52 Å². The second-order valence-electron chi connectivity index (χ2n) is 6.48. The number of anilines is 2. The van der Waals surface area contributed by atoms with Crippen molar-refractivity contribution in [2.75, 3.05) is 15.8 Å². The third kappa shape index (κ3) is 5.61. The highest BCUT2D eigenvalue weighted by Crippen LogP contribution is 2.21. The molecule has 0 saturated heterocycles. The Labute approximate surface area is 178 Å². The van der Waals surface area contributed by atoms with E-state index in [1.54, 1.807) is 0 Å². The van der Waals surface area contributed by atoms with E-state index in [1.807, 2.05) is 13.8 Å². The summed E-state index contributed by atoms with van der Waals surface area (Å²) in [7, 11) is -3.87. The van der Waals surface area contributed by atoms with Gasteiger partial charge < -0.3 is 9.84 Å². The molecule has 0 saturated carbocycles. The number of carbonyl (C=O) groups is 1. The summed E-state index contributed by atoms with van der Waals surface area (Å²) in [6.45, 7) is 3.68. The van der Waals surface area contributed by atoms with Crippen LogP contribution >= 0.6 is 11.8 Å². The third-order valence-corrected chi connectivity index (χ3v) is 6.54. The zero-order chi connectivity index (χ0) is 21.7. The summed E-state index contributed by atoms with van der Waals surface area (Å²) >= 11 is 1.43. The molecular weight excluding hydrogens is 429 g/mol. The topological polar surface area (TPSA) is 101 Å². The number of benzene rings is 2. The van der Waals surface area contributed by atoms with Crippen LogP contribution in [0.3, 0.4) is 0 Å². The SMILES string of the molecule is Cc1noc(C)c1CSCC(=O)Nc1ccc(S(=O)(=O)Nc2cccc(F)c2)cc1. The van der Waals surface area contributed by atoms with Crippen molar-refractivity contribution in [3.05, 3.63) is 71.4 Å². The van der Waals surface area contributed by atoms with Gasteiger partial charge in [0, 0.05) is 17.0 Å². The standard InChI is InChI=1S/C20H20FN3O4S2/c1-13-19(14(2)28-23-13)11-29-12-20(25)22-16-6-8-18(9-7-16)30(26,27)24-17-5-3-4-15(21)10-17/h3-10,24H,11-12H2,1-2H3,(H,22,25). The Morgan fingerprint density at radius 1 is 1.13 bits per heavy atom. The predicted octanol–water partition coefficient (Wildman–Crippen LogP) is 4.10. The van der Waals surface area contributed by atoms with E-state index in [9.17, 15) is 17.6 Å². The van der Waals surface area contributed by atoms with Crippen LogP contribution in [0.2, 0.25) is 0 Å². The molecule has 0 aliphatic rings. The van der Waals surface area contributed by atoms with Gasteiger partial charge in [0.1, 0.15) is 11.6 Å². The van der Waals surface area contributed by atoms with Gasteiger partial charge in [-0.2, -0.15) is 0 Å². The van der Waals surface area contributed by atoms with Crippen LogP contribution in [0, 0.1) is 19.7 Å². The van der Waals surface area contributed by atoms with E-state index >= 15 is 0 Å².